The van der Waals surface area contributed by atoms with Crippen molar-refractivity contribution in [3.05, 3.63) is 64.4 Å². The molecule has 1 aliphatic carbocycles. The van der Waals surface area contributed by atoms with Gasteiger partial charge in [0.15, 0.2) is 12.4 Å². The summed E-state index contributed by atoms with van der Waals surface area (Å²) in [7, 11) is 0. The first-order valence-corrected chi connectivity index (χ1v) is 8.93. The molecular weight excluding hydrogens is 338 g/mol. The first-order valence-electron chi connectivity index (χ1n) is 8.55. The Morgan fingerprint density at radius 1 is 1.08 bits per heavy atom. The Hall–Kier alpha value is -2.20. The van der Waals surface area contributed by atoms with Crippen molar-refractivity contribution in [2.75, 3.05) is 6.61 Å². The smallest absolute Gasteiger partial charge is 0.357 e. The molecule has 130 valence electrons. The molecule has 25 heavy (non-hydrogen) atoms. The van der Waals surface area contributed by atoms with E-state index in [1.165, 1.54) is 49.9 Å². The molecule has 0 aliphatic heterocycles. The maximum atomic E-state index is 12.2. The van der Waals surface area contributed by atoms with E-state index in [9.17, 15) is 9.59 Å². The molecule has 1 heterocycles. The predicted octanol–water partition coefficient (Wildman–Crippen LogP) is 4.82. The number of ketones is 1. The number of aromatic nitrogens is 1. The third-order valence-corrected chi connectivity index (χ3v) is 4.81. The van der Waals surface area contributed by atoms with Gasteiger partial charge in [-0.15, -0.1) is 0 Å². The number of halogens is 1. The van der Waals surface area contributed by atoms with Crippen molar-refractivity contribution in [2.24, 2.45) is 0 Å². The van der Waals surface area contributed by atoms with Gasteiger partial charge in [-0.25, -0.2) is 9.78 Å². The fourth-order valence-corrected chi connectivity index (χ4v) is 3.34. The number of ether oxygens (including phenoxy) is 1. The van der Waals surface area contributed by atoms with E-state index < -0.39 is 5.97 Å². The quantitative estimate of drug-likeness (QED) is 0.568. The second-order valence-electron chi connectivity index (χ2n) is 6.32. The van der Waals surface area contributed by atoms with E-state index in [0.717, 1.165) is 0 Å². The SMILES string of the molecule is O=C(COC(=O)c1cc(Cl)ccn1)c1ccc(C2CCCCC2)cc1. The highest BCUT2D eigenvalue weighted by molar-refractivity contribution is 6.30. The molecule has 1 aliphatic rings. The molecule has 0 atom stereocenters. The van der Waals surface area contributed by atoms with Crippen molar-refractivity contribution in [1.29, 1.82) is 0 Å². The monoisotopic (exact) mass is 357 g/mol. The van der Waals surface area contributed by atoms with Crippen LogP contribution in [-0.4, -0.2) is 23.3 Å². The van der Waals surface area contributed by atoms with Gasteiger partial charge in [0.1, 0.15) is 5.69 Å². The summed E-state index contributed by atoms with van der Waals surface area (Å²) in [5, 5.41) is 0.395. The fourth-order valence-electron chi connectivity index (χ4n) is 3.18. The number of carbonyl (C=O) groups is 2. The Labute approximate surface area is 152 Å². The second-order valence-corrected chi connectivity index (χ2v) is 6.75. The van der Waals surface area contributed by atoms with Crippen LogP contribution in [0.15, 0.2) is 42.6 Å². The number of hydrogen-bond donors (Lipinski definition) is 0. The third kappa shape index (κ3) is 4.67. The van der Waals surface area contributed by atoms with Crippen LogP contribution in [0.4, 0.5) is 0 Å². The van der Waals surface area contributed by atoms with Gasteiger partial charge in [-0.2, -0.15) is 0 Å². The molecule has 0 N–H and O–H groups in total. The van der Waals surface area contributed by atoms with Gasteiger partial charge in [-0.1, -0.05) is 55.1 Å². The second kappa shape index (κ2) is 8.26. The molecule has 0 saturated heterocycles. The highest BCUT2D eigenvalue weighted by atomic mass is 35.5. The molecule has 1 aromatic heterocycles. The van der Waals surface area contributed by atoms with Gasteiger partial charge in [0.25, 0.3) is 0 Å². The van der Waals surface area contributed by atoms with Gasteiger partial charge in [0.2, 0.25) is 0 Å². The number of pyridine rings is 1. The Morgan fingerprint density at radius 3 is 2.48 bits per heavy atom. The summed E-state index contributed by atoms with van der Waals surface area (Å²) in [4.78, 5) is 28.0. The van der Waals surface area contributed by atoms with Gasteiger partial charge in [-0.05, 0) is 36.5 Å². The van der Waals surface area contributed by atoms with Crippen molar-refractivity contribution in [1.82, 2.24) is 4.98 Å². The Balaban J connectivity index is 1.56. The van der Waals surface area contributed by atoms with Crippen molar-refractivity contribution >= 4 is 23.4 Å². The normalized spacial score (nSPS) is 14.9. The van der Waals surface area contributed by atoms with Gasteiger partial charge in [-0.3, -0.25) is 4.79 Å². The number of hydrogen-bond acceptors (Lipinski definition) is 4. The number of rotatable bonds is 5. The zero-order valence-corrected chi connectivity index (χ0v) is 14.7. The van der Waals surface area contributed by atoms with E-state index in [1.807, 2.05) is 24.3 Å². The highest BCUT2D eigenvalue weighted by Gasteiger charge is 2.17. The zero-order chi connectivity index (χ0) is 17.6. The topological polar surface area (TPSA) is 56.3 Å². The van der Waals surface area contributed by atoms with Crippen LogP contribution in [0.25, 0.3) is 0 Å². The molecule has 1 saturated carbocycles. The van der Waals surface area contributed by atoms with Crippen molar-refractivity contribution < 1.29 is 14.3 Å². The average Bonchev–Trinajstić information content (AvgIpc) is 2.66. The molecule has 1 fully saturated rings. The summed E-state index contributed by atoms with van der Waals surface area (Å²) < 4.78 is 5.04. The number of Topliss-reactive ketones (excluding diaryl/α,β-unsaturated/α-hetero) is 1. The maximum Gasteiger partial charge on any atom is 0.357 e. The van der Waals surface area contributed by atoms with Crippen LogP contribution in [0.2, 0.25) is 5.02 Å². The average molecular weight is 358 g/mol. The number of esters is 1. The molecule has 1 aromatic carbocycles. The molecule has 5 heteroatoms. The molecule has 4 nitrogen and oxygen atoms in total. The Kier molecular flexibility index (Phi) is 5.82. The van der Waals surface area contributed by atoms with Crippen LogP contribution in [0.5, 0.6) is 0 Å². The maximum absolute atomic E-state index is 12.2. The van der Waals surface area contributed by atoms with Gasteiger partial charge >= 0.3 is 5.97 Å². The predicted molar refractivity (Wildman–Crippen MR) is 96.1 cm³/mol. The van der Waals surface area contributed by atoms with E-state index in [1.54, 1.807) is 6.07 Å². The van der Waals surface area contributed by atoms with Crippen LogP contribution >= 0.6 is 11.6 Å². The minimum atomic E-state index is -0.658. The lowest BCUT2D eigenvalue weighted by Gasteiger charge is -2.22. The largest absolute Gasteiger partial charge is 0.453 e. The molecule has 0 bridgehead atoms. The van der Waals surface area contributed by atoms with E-state index in [4.69, 9.17) is 16.3 Å². The minimum Gasteiger partial charge on any atom is -0.453 e. The first-order chi connectivity index (χ1) is 12.1. The number of nitrogens with zero attached hydrogens (tertiary/aromatic N) is 1. The summed E-state index contributed by atoms with van der Waals surface area (Å²) in [6, 6.07) is 10.6. The van der Waals surface area contributed by atoms with E-state index in [2.05, 4.69) is 4.98 Å². The molecule has 2 aromatic rings. The molecule has 0 amide bonds. The molecule has 0 unspecified atom stereocenters. The fraction of sp³-hybridized carbons (Fsp3) is 0.350. The summed E-state index contributed by atoms with van der Waals surface area (Å²) in [6.45, 7) is -0.310. The zero-order valence-electron chi connectivity index (χ0n) is 13.9. The molecule has 0 spiro atoms. The standard InChI is InChI=1S/C20H20ClNO3/c21-17-10-11-22-18(12-17)20(24)25-13-19(23)16-8-6-15(7-9-16)14-4-2-1-3-5-14/h6-12,14H,1-5,13H2. The van der Waals surface area contributed by atoms with Gasteiger partial charge in [0, 0.05) is 16.8 Å². The van der Waals surface area contributed by atoms with Gasteiger partial charge < -0.3 is 4.74 Å². The third-order valence-electron chi connectivity index (χ3n) is 4.57. The molecule has 3 rings (SSSR count). The summed E-state index contributed by atoms with van der Waals surface area (Å²) in [5.74, 6) is -0.287. The summed E-state index contributed by atoms with van der Waals surface area (Å²) >= 11 is 5.81. The number of benzene rings is 1. The van der Waals surface area contributed by atoms with E-state index in [-0.39, 0.29) is 18.1 Å². The van der Waals surface area contributed by atoms with Crippen molar-refractivity contribution in [3.8, 4) is 0 Å². The van der Waals surface area contributed by atoms with Gasteiger partial charge in [0.05, 0.1) is 0 Å². The Morgan fingerprint density at radius 2 is 1.80 bits per heavy atom. The lowest BCUT2D eigenvalue weighted by Crippen LogP contribution is -2.15. The molecular formula is C20H20ClNO3. The van der Waals surface area contributed by atoms with Crippen LogP contribution in [0.1, 0.15) is 64.4 Å². The molecule has 0 radical (unpaired) electrons. The number of carbonyl (C=O) groups excluding carboxylic acids is 2. The summed E-state index contributed by atoms with van der Waals surface area (Å²) in [6.07, 6.45) is 7.73. The van der Waals surface area contributed by atoms with Crippen LogP contribution in [0, 0.1) is 0 Å². The lowest BCUT2D eigenvalue weighted by atomic mass is 9.84. The van der Waals surface area contributed by atoms with Crippen molar-refractivity contribution in [2.45, 2.75) is 38.0 Å². The van der Waals surface area contributed by atoms with Crippen LogP contribution < -0.4 is 0 Å². The summed E-state index contributed by atoms with van der Waals surface area (Å²) in [5.41, 5.74) is 1.93. The first kappa shape index (κ1) is 17.6. The minimum absolute atomic E-state index is 0.0907. The van der Waals surface area contributed by atoms with E-state index >= 15 is 0 Å². The van der Waals surface area contributed by atoms with Crippen molar-refractivity contribution in [3.63, 3.8) is 0 Å². The van der Waals surface area contributed by atoms with Crippen LogP contribution in [-0.2, 0) is 4.74 Å². The highest BCUT2D eigenvalue weighted by Crippen LogP contribution is 2.32. The Bertz CT molecular complexity index is 752. The lowest BCUT2D eigenvalue weighted by molar-refractivity contribution is 0.0469. The van der Waals surface area contributed by atoms with E-state index in [0.29, 0.717) is 16.5 Å². The van der Waals surface area contributed by atoms with Crippen LogP contribution in [0.3, 0.4) is 0 Å².